The fourth-order valence-corrected chi connectivity index (χ4v) is 4.83. The van der Waals surface area contributed by atoms with E-state index in [1.54, 1.807) is 61.8 Å². The number of rotatable bonds is 7. The summed E-state index contributed by atoms with van der Waals surface area (Å²) >= 11 is 7.27. The van der Waals surface area contributed by atoms with Crippen molar-refractivity contribution < 1.29 is 14.3 Å². The van der Waals surface area contributed by atoms with Gasteiger partial charge < -0.3 is 15.2 Å². The van der Waals surface area contributed by atoms with Gasteiger partial charge >= 0.3 is 5.97 Å². The fraction of sp³-hybridized carbons (Fsp3) is 0.148. The van der Waals surface area contributed by atoms with E-state index in [9.17, 15) is 15.3 Å². The molecular weight excluding hydrogens is 510 g/mol. The maximum atomic E-state index is 13.2. The van der Waals surface area contributed by atoms with Crippen molar-refractivity contribution in [1.82, 2.24) is 9.97 Å². The molecule has 0 unspecified atom stereocenters. The van der Waals surface area contributed by atoms with Gasteiger partial charge in [-0.2, -0.15) is 10.5 Å². The molecule has 3 heterocycles. The maximum Gasteiger partial charge on any atom is 0.338 e. The summed E-state index contributed by atoms with van der Waals surface area (Å²) in [5.41, 5.74) is 8.82. The average molecular weight is 530 g/mol. The van der Waals surface area contributed by atoms with Crippen LogP contribution in [-0.2, 0) is 14.3 Å². The Balaban J connectivity index is 1.76. The molecule has 0 amide bonds. The lowest BCUT2D eigenvalue weighted by Crippen LogP contribution is -2.27. The van der Waals surface area contributed by atoms with E-state index in [0.29, 0.717) is 26.9 Å². The van der Waals surface area contributed by atoms with Gasteiger partial charge in [-0.1, -0.05) is 35.5 Å². The first kappa shape index (κ1) is 25.8. The molecule has 3 aromatic rings. The zero-order valence-electron chi connectivity index (χ0n) is 19.6. The number of carbonyl (C=O) groups excluding carboxylic acids is 1. The molecule has 10 heteroatoms. The Labute approximate surface area is 223 Å². The zero-order chi connectivity index (χ0) is 26.4. The van der Waals surface area contributed by atoms with Crippen LogP contribution in [0.3, 0.4) is 0 Å². The van der Waals surface area contributed by atoms with Crippen molar-refractivity contribution in [3.8, 4) is 23.4 Å². The molecule has 8 nitrogen and oxygen atoms in total. The molecule has 0 aliphatic carbocycles. The summed E-state index contributed by atoms with van der Waals surface area (Å²) in [6, 6.07) is 18.1. The van der Waals surface area contributed by atoms with Crippen LogP contribution in [0.15, 0.2) is 88.7 Å². The number of thioether (sulfide) groups is 1. The van der Waals surface area contributed by atoms with E-state index in [2.05, 4.69) is 22.1 Å². The number of allylic oxidation sites excluding steroid dienone is 1. The zero-order valence-corrected chi connectivity index (χ0v) is 21.2. The summed E-state index contributed by atoms with van der Waals surface area (Å²) in [6.45, 7) is 1.82. The van der Waals surface area contributed by atoms with E-state index in [1.165, 1.54) is 11.8 Å². The molecule has 4 rings (SSSR count). The standard InChI is InChI=1S/C27H20ClN5O3S/c1-2-35-27(34)24-22(36-25(31)20(13-30)23(24)16-5-8-19(28)9-6-16)15-37-26-17(12-29)7-10-21(33-26)18-4-3-11-32-14-18/h3-11,14,23H,2,15,31H2,1H3/t23-/m1/s1. The second-order valence-electron chi connectivity index (χ2n) is 7.73. The molecule has 1 aliphatic rings. The molecule has 0 radical (unpaired) electrons. The minimum Gasteiger partial charge on any atom is -0.463 e. The molecule has 2 aromatic heterocycles. The Morgan fingerprint density at radius 2 is 1.97 bits per heavy atom. The number of pyridine rings is 2. The van der Waals surface area contributed by atoms with Crippen LogP contribution in [0.4, 0.5) is 0 Å². The first-order valence-corrected chi connectivity index (χ1v) is 12.5. The number of hydrogen-bond acceptors (Lipinski definition) is 9. The van der Waals surface area contributed by atoms with Gasteiger partial charge in [0.05, 0.1) is 35.1 Å². The van der Waals surface area contributed by atoms with Gasteiger partial charge in [-0.3, -0.25) is 4.98 Å². The largest absolute Gasteiger partial charge is 0.463 e. The SMILES string of the molecule is CCOC(=O)C1=C(CSc2nc(-c3cccnc3)ccc2C#N)OC(N)=C(C#N)[C@H]1c1ccc(Cl)cc1. The molecule has 0 saturated carbocycles. The minimum absolute atomic E-state index is 0.0912. The Kier molecular flexibility index (Phi) is 8.09. The second-order valence-corrected chi connectivity index (χ2v) is 9.13. The lowest BCUT2D eigenvalue weighted by molar-refractivity contribution is -0.139. The Bertz CT molecular complexity index is 1470. The molecule has 0 saturated heterocycles. The van der Waals surface area contributed by atoms with Gasteiger partial charge in [0.15, 0.2) is 0 Å². The molecular formula is C27H20ClN5O3S. The van der Waals surface area contributed by atoms with Gasteiger partial charge in [0.2, 0.25) is 5.88 Å². The predicted octanol–water partition coefficient (Wildman–Crippen LogP) is 5.09. The summed E-state index contributed by atoms with van der Waals surface area (Å²) in [5.74, 6) is -1.22. The number of hydrogen-bond donors (Lipinski definition) is 1. The Hall–Kier alpha value is -4.31. The van der Waals surface area contributed by atoms with E-state index >= 15 is 0 Å². The second kappa shape index (κ2) is 11.6. The Morgan fingerprint density at radius 3 is 2.62 bits per heavy atom. The van der Waals surface area contributed by atoms with Gasteiger partial charge in [0.1, 0.15) is 28.5 Å². The van der Waals surface area contributed by atoms with Gasteiger partial charge in [0, 0.05) is 23.0 Å². The molecule has 0 fully saturated rings. The maximum absolute atomic E-state index is 13.2. The fourth-order valence-electron chi connectivity index (χ4n) is 3.79. The van der Waals surface area contributed by atoms with Crippen molar-refractivity contribution in [1.29, 1.82) is 10.5 Å². The highest BCUT2D eigenvalue weighted by atomic mass is 35.5. The summed E-state index contributed by atoms with van der Waals surface area (Å²) in [7, 11) is 0. The van der Waals surface area contributed by atoms with Crippen LogP contribution in [-0.4, -0.2) is 28.3 Å². The van der Waals surface area contributed by atoms with E-state index in [4.69, 9.17) is 26.8 Å². The van der Waals surface area contributed by atoms with E-state index < -0.39 is 11.9 Å². The number of esters is 1. The Morgan fingerprint density at radius 1 is 1.19 bits per heavy atom. The van der Waals surface area contributed by atoms with E-state index in [0.717, 1.165) is 5.56 Å². The van der Waals surface area contributed by atoms with Gasteiger partial charge in [-0.05, 0) is 48.9 Å². The van der Waals surface area contributed by atoms with E-state index in [1.807, 2.05) is 6.07 Å². The summed E-state index contributed by atoms with van der Waals surface area (Å²) in [4.78, 5) is 21.9. The number of carbonyl (C=O) groups is 1. The number of ether oxygens (including phenoxy) is 2. The van der Waals surface area contributed by atoms with Crippen molar-refractivity contribution in [2.24, 2.45) is 5.73 Å². The molecule has 37 heavy (non-hydrogen) atoms. The highest BCUT2D eigenvalue weighted by molar-refractivity contribution is 7.99. The molecule has 0 spiro atoms. The summed E-state index contributed by atoms with van der Waals surface area (Å²) in [6.07, 6.45) is 3.34. The summed E-state index contributed by atoms with van der Waals surface area (Å²) in [5, 5.41) is 20.4. The average Bonchev–Trinajstić information content (AvgIpc) is 2.92. The van der Waals surface area contributed by atoms with Gasteiger partial charge in [-0.25, -0.2) is 9.78 Å². The smallest absolute Gasteiger partial charge is 0.338 e. The third-order valence-corrected chi connectivity index (χ3v) is 6.72. The highest BCUT2D eigenvalue weighted by Crippen LogP contribution is 2.41. The van der Waals surface area contributed by atoms with Crippen LogP contribution in [0.2, 0.25) is 5.02 Å². The number of aromatic nitrogens is 2. The molecule has 0 bridgehead atoms. The number of benzene rings is 1. The molecule has 1 aromatic carbocycles. The topological polar surface area (TPSA) is 135 Å². The molecule has 1 atom stereocenters. The van der Waals surface area contributed by atoms with Crippen LogP contribution < -0.4 is 5.73 Å². The van der Waals surface area contributed by atoms with Crippen LogP contribution >= 0.6 is 23.4 Å². The highest BCUT2D eigenvalue weighted by Gasteiger charge is 2.37. The normalized spacial score (nSPS) is 15.0. The van der Waals surface area contributed by atoms with Crippen LogP contribution in [0.25, 0.3) is 11.3 Å². The molecule has 184 valence electrons. The van der Waals surface area contributed by atoms with Crippen molar-refractivity contribution in [3.05, 3.63) is 99.9 Å². The van der Waals surface area contributed by atoms with Gasteiger partial charge in [0.25, 0.3) is 0 Å². The van der Waals surface area contributed by atoms with Crippen molar-refractivity contribution in [2.45, 2.75) is 17.9 Å². The van der Waals surface area contributed by atoms with Crippen molar-refractivity contribution in [2.75, 3.05) is 12.4 Å². The van der Waals surface area contributed by atoms with Crippen LogP contribution in [0, 0.1) is 22.7 Å². The number of halogens is 1. The van der Waals surface area contributed by atoms with Crippen molar-refractivity contribution in [3.63, 3.8) is 0 Å². The summed E-state index contributed by atoms with van der Waals surface area (Å²) < 4.78 is 11.1. The molecule has 2 N–H and O–H groups in total. The number of nitriles is 2. The number of nitrogens with zero attached hydrogens (tertiary/aromatic N) is 4. The minimum atomic E-state index is -0.809. The number of nitrogens with two attached hydrogens (primary N) is 1. The van der Waals surface area contributed by atoms with Crippen molar-refractivity contribution >= 4 is 29.3 Å². The lowest BCUT2D eigenvalue weighted by atomic mass is 9.83. The van der Waals surface area contributed by atoms with Gasteiger partial charge in [-0.15, -0.1) is 0 Å². The van der Waals surface area contributed by atoms with Crippen LogP contribution in [0.1, 0.15) is 24.0 Å². The molecule has 1 aliphatic heterocycles. The first-order chi connectivity index (χ1) is 18.0. The third-order valence-electron chi connectivity index (χ3n) is 5.47. The van der Waals surface area contributed by atoms with E-state index in [-0.39, 0.29) is 35.1 Å². The predicted molar refractivity (Wildman–Crippen MR) is 139 cm³/mol. The van der Waals surface area contributed by atoms with Crippen LogP contribution in [0.5, 0.6) is 0 Å². The first-order valence-electron chi connectivity index (χ1n) is 11.1. The third kappa shape index (κ3) is 5.59. The monoisotopic (exact) mass is 529 g/mol. The quantitative estimate of drug-likeness (QED) is 0.328. The lowest BCUT2D eigenvalue weighted by Gasteiger charge is -2.28.